The fraction of sp³-hybridized carbons (Fsp3) is 0.333. The first kappa shape index (κ1) is 18.9. The summed E-state index contributed by atoms with van der Waals surface area (Å²) < 4.78 is 59.1. The molecule has 6 nitrogen and oxygen atoms in total. The van der Waals surface area contributed by atoms with Crippen molar-refractivity contribution < 1.29 is 25.8 Å². The summed E-state index contributed by atoms with van der Waals surface area (Å²) in [7, 11) is -7.21. The smallest absolute Gasteiger partial charge is 0.297 e. The van der Waals surface area contributed by atoms with E-state index in [2.05, 4.69) is 0 Å². The Balaban J connectivity index is 1.73. The van der Waals surface area contributed by atoms with Gasteiger partial charge in [0.25, 0.3) is 10.1 Å². The normalized spacial score (nSPS) is 17.4. The molecule has 0 N–H and O–H groups in total. The molecular formula is C18H20O6S2. The standard InChI is InChI=1S/C18H20O6S2/c1-13-5-3-4-6-18(13)26(21,22)23-12-15-9-7-14-8-10-16(25(2,19)20)11-17(14)24-15/h3-6,8,10-11,15H,7,9,12H2,1-2H3. The Morgan fingerprint density at radius 2 is 1.85 bits per heavy atom. The summed E-state index contributed by atoms with van der Waals surface area (Å²) in [5, 5.41) is 0. The van der Waals surface area contributed by atoms with E-state index >= 15 is 0 Å². The first-order valence-corrected chi connectivity index (χ1v) is 11.4. The highest BCUT2D eigenvalue weighted by Crippen LogP contribution is 2.30. The average molecular weight is 396 g/mol. The van der Waals surface area contributed by atoms with Gasteiger partial charge >= 0.3 is 0 Å². The summed E-state index contributed by atoms with van der Waals surface area (Å²) in [5.74, 6) is 0.459. The molecule has 0 saturated carbocycles. The minimum absolute atomic E-state index is 0.126. The Morgan fingerprint density at radius 1 is 1.12 bits per heavy atom. The molecule has 1 aliphatic rings. The molecule has 0 aromatic heterocycles. The summed E-state index contributed by atoms with van der Waals surface area (Å²) in [4.78, 5) is 0.306. The summed E-state index contributed by atoms with van der Waals surface area (Å²) in [5.41, 5.74) is 1.51. The summed E-state index contributed by atoms with van der Waals surface area (Å²) >= 11 is 0. The van der Waals surface area contributed by atoms with Crippen molar-refractivity contribution >= 4 is 20.0 Å². The van der Waals surface area contributed by atoms with E-state index in [1.807, 2.05) is 0 Å². The average Bonchev–Trinajstić information content (AvgIpc) is 2.59. The van der Waals surface area contributed by atoms with Crippen LogP contribution in [0.1, 0.15) is 17.5 Å². The Kier molecular flexibility index (Phi) is 5.09. The van der Waals surface area contributed by atoms with E-state index in [1.165, 1.54) is 12.1 Å². The third-order valence-electron chi connectivity index (χ3n) is 4.27. The number of hydrogen-bond acceptors (Lipinski definition) is 6. The third-order valence-corrected chi connectivity index (χ3v) is 6.82. The first-order chi connectivity index (χ1) is 12.2. The van der Waals surface area contributed by atoms with Crippen LogP contribution in [0.4, 0.5) is 0 Å². The lowest BCUT2D eigenvalue weighted by atomic mass is 10.0. The van der Waals surface area contributed by atoms with Gasteiger partial charge in [0.15, 0.2) is 9.84 Å². The van der Waals surface area contributed by atoms with Crippen molar-refractivity contribution in [3.05, 3.63) is 53.6 Å². The highest BCUT2D eigenvalue weighted by Gasteiger charge is 2.25. The van der Waals surface area contributed by atoms with Gasteiger partial charge in [0.1, 0.15) is 18.5 Å². The van der Waals surface area contributed by atoms with Gasteiger partial charge in [-0.25, -0.2) is 8.42 Å². The summed E-state index contributed by atoms with van der Waals surface area (Å²) in [6, 6.07) is 11.4. The molecule has 0 radical (unpaired) electrons. The van der Waals surface area contributed by atoms with Crippen LogP contribution in [0.2, 0.25) is 0 Å². The maximum absolute atomic E-state index is 12.4. The molecule has 140 valence electrons. The molecule has 1 aliphatic heterocycles. The van der Waals surface area contributed by atoms with Gasteiger partial charge < -0.3 is 4.74 Å². The number of hydrogen-bond donors (Lipinski definition) is 0. The van der Waals surface area contributed by atoms with Crippen LogP contribution in [-0.4, -0.2) is 35.8 Å². The van der Waals surface area contributed by atoms with E-state index < -0.39 is 26.1 Å². The van der Waals surface area contributed by atoms with E-state index in [0.717, 1.165) is 11.8 Å². The van der Waals surface area contributed by atoms with Crippen molar-refractivity contribution in [3.63, 3.8) is 0 Å². The highest BCUT2D eigenvalue weighted by atomic mass is 32.2. The van der Waals surface area contributed by atoms with Crippen molar-refractivity contribution in [2.75, 3.05) is 12.9 Å². The Hall–Kier alpha value is -1.90. The van der Waals surface area contributed by atoms with E-state index in [9.17, 15) is 16.8 Å². The van der Waals surface area contributed by atoms with Crippen LogP contribution >= 0.6 is 0 Å². The van der Waals surface area contributed by atoms with Gasteiger partial charge in [-0.15, -0.1) is 0 Å². The molecule has 0 amide bonds. The molecule has 1 heterocycles. The van der Waals surface area contributed by atoms with Crippen LogP contribution in [-0.2, 0) is 30.6 Å². The van der Waals surface area contributed by atoms with Gasteiger partial charge in [-0.1, -0.05) is 24.3 Å². The highest BCUT2D eigenvalue weighted by molar-refractivity contribution is 7.90. The number of fused-ring (bicyclic) bond motifs is 1. The fourth-order valence-electron chi connectivity index (χ4n) is 2.82. The summed E-state index contributed by atoms with van der Waals surface area (Å²) in [6.45, 7) is 1.58. The van der Waals surface area contributed by atoms with Gasteiger partial charge in [-0.3, -0.25) is 4.18 Å². The van der Waals surface area contributed by atoms with Gasteiger partial charge in [-0.05, 0) is 49.1 Å². The number of rotatable bonds is 5. The van der Waals surface area contributed by atoms with Crippen molar-refractivity contribution in [3.8, 4) is 5.75 Å². The van der Waals surface area contributed by atoms with Crippen LogP contribution in [0.25, 0.3) is 0 Å². The molecule has 8 heteroatoms. The van der Waals surface area contributed by atoms with Crippen LogP contribution in [0.3, 0.4) is 0 Å². The maximum Gasteiger partial charge on any atom is 0.297 e. The zero-order valence-electron chi connectivity index (χ0n) is 14.5. The SMILES string of the molecule is Cc1ccccc1S(=O)(=O)OCC1CCc2ccc(S(C)(=O)=O)cc2O1. The van der Waals surface area contributed by atoms with Gasteiger partial charge in [0.05, 0.1) is 9.79 Å². The summed E-state index contributed by atoms with van der Waals surface area (Å²) in [6.07, 6.45) is 1.93. The molecule has 0 fully saturated rings. The molecule has 0 spiro atoms. The second-order valence-corrected chi connectivity index (χ2v) is 9.92. The number of benzene rings is 2. The van der Waals surface area contributed by atoms with Gasteiger partial charge in [0.2, 0.25) is 0 Å². The van der Waals surface area contributed by atoms with Crippen LogP contribution in [0, 0.1) is 6.92 Å². The topological polar surface area (TPSA) is 86.7 Å². The molecule has 1 unspecified atom stereocenters. The quantitative estimate of drug-likeness (QED) is 0.722. The zero-order valence-corrected chi connectivity index (χ0v) is 16.1. The second-order valence-electron chi connectivity index (χ2n) is 6.32. The molecule has 0 saturated heterocycles. The van der Waals surface area contributed by atoms with Crippen molar-refractivity contribution in [1.29, 1.82) is 0 Å². The molecule has 1 atom stereocenters. The van der Waals surface area contributed by atoms with Gasteiger partial charge in [-0.2, -0.15) is 8.42 Å². The van der Waals surface area contributed by atoms with Gasteiger partial charge in [0, 0.05) is 6.26 Å². The lowest BCUT2D eigenvalue weighted by molar-refractivity contribution is 0.112. The Labute approximate surface area is 153 Å². The van der Waals surface area contributed by atoms with Crippen LogP contribution in [0.15, 0.2) is 52.3 Å². The zero-order chi connectivity index (χ0) is 18.9. The Morgan fingerprint density at radius 3 is 2.54 bits per heavy atom. The minimum Gasteiger partial charge on any atom is -0.488 e. The van der Waals surface area contributed by atoms with Crippen molar-refractivity contribution in [1.82, 2.24) is 0 Å². The van der Waals surface area contributed by atoms with Crippen molar-refractivity contribution in [2.24, 2.45) is 0 Å². The minimum atomic E-state index is -3.87. The largest absolute Gasteiger partial charge is 0.488 e. The predicted molar refractivity (Wildman–Crippen MR) is 96.6 cm³/mol. The van der Waals surface area contributed by atoms with E-state index in [1.54, 1.807) is 37.3 Å². The second kappa shape index (κ2) is 7.02. The fourth-order valence-corrected chi connectivity index (χ4v) is 4.62. The predicted octanol–water partition coefficient (Wildman–Crippen LogP) is 2.50. The first-order valence-electron chi connectivity index (χ1n) is 8.11. The molecule has 0 bridgehead atoms. The molecule has 0 aliphatic carbocycles. The molecule has 3 rings (SSSR count). The number of aryl methyl sites for hydroxylation is 2. The number of sulfone groups is 1. The van der Waals surface area contributed by atoms with Crippen LogP contribution < -0.4 is 4.74 Å². The number of ether oxygens (including phenoxy) is 1. The van der Waals surface area contributed by atoms with E-state index in [-0.39, 0.29) is 16.4 Å². The monoisotopic (exact) mass is 396 g/mol. The van der Waals surface area contributed by atoms with Crippen molar-refractivity contribution in [2.45, 2.75) is 35.7 Å². The molecule has 26 heavy (non-hydrogen) atoms. The Bertz CT molecular complexity index is 1030. The third kappa shape index (κ3) is 4.08. The van der Waals surface area contributed by atoms with E-state index in [0.29, 0.717) is 24.2 Å². The maximum atomic E-state index is 12.4. The lowest BCUT2D eigenvalue weighted by Crippen LogP contribution is -2.29. The van der Waals surface area contributed by atoms with E-state index in [4.69, 9.17) is 8.92 Å². The molecule has 2 aromatic carbocycles. The molecule has 2 aromatic rings. The van der Waals surface area contributed by atoms with Crippen LogP contribution in [0.5, 0.6) is 5.75 Å². The molecular weight excluding hydrogens is 376 g/mol. The lowest BCUT2D eigenvalue weighted by Gasteiger charge is -2.26.